The van der Waals surface area contributed by atoms with Crippen molar-refractivity contribution in [2.24, 2.45) is 5.41 Å². The molecule has 0 aliphatic heterocycles. The summed E-state index contributed by atoms with van der Waals surface area (Å²) in [6.07, 6.45) is 1.74. The maximum Gasteiger partial charge on any atom is 0.126 e. The lowest BCUT2D eigenvalue weighted by molar-refractivity contribution is 0.0211. The Hall–Kier alpha value is -1.58. The number of aliphatic hydroxyl groups excluding tert-OH is 1. The predicted octanol–water partition coefficient (Wildman–Crippen LogP) is 5.03. The number of fused-ring (bicyclic) bond motifs is 1. The molecule has 25 heavy (non-hydrogen) atoms. The highest BCUT2D eigenvalue weighted by Crippen LogP contribution is 2.39. The molecule has 0 aliphatic carbocycles. The fraction of sp³-hybridized carbons (Fsp3) is 0.545. The Morgan fingerprint density at radius 1 is 1.00 bits per heavy atom. The average Bonchev–Trinajstić information content (AvgIpc) is 2.60. The molecule has 0 fully saturated rings. The molecule has 2 rings (SSSR count). The van der Waals surface area contributed by atoms with Crippen LogP contribution in [0.4, 0.5) is 0 Å². The number of ether oxygens (including phenoxy) is 1. The van der Waals surface area contributed by atoms with Crippen LogP contribution in [0, 0.1) is 5.41 Å². The highest BCUT2D eigenvalue weighted by atomic mass is 16.5. The predicted molar refractivity (Wildman–Crippen MR) is 106 cm³/mol. The minimum Gasteiger partial charge on any atom is -0.496 e. The van der Waals surface area contributed by atoms with E-state index in [2.05, 4.69) is 44.7 Å². The van der Waals surface area contributed by atoms with E-state index in [4.69, 9.17) is 4.74 Å². The normalized spacial score (nSPS) is 13.4. The molecular weight excluding hydrogens is 310 g/mol. The molecule has 0 saturated carbocycles. The first-order valence-corrected chi connectivity index (χ1v) is 9.40. The Balaban J connectivity index is 2.35. The van der Waals surface area contributed by atoms with Crippen molar-refractivity contribution in [2.75, 3.05) is 26.7 Å². The second-order valence-electron chi connectivity index (χ2n) is 7.57. The molecule has 0 saturated heterocycles. The molecular formula is C22H33NO2. The van der Waals surface area contributed by atoms with Gasteiger partial charge in [-0.15, -0.1) is 0 Å². The van der Waals surface area contributed by atoms with Gasteiger partial charge in [0.2, 0.25) is 0 Å². The van der Waals surface area contributed by atoms with Gasteiger partial charge in [-0.2, -0.15) is 0 Å². The smallest absolute Gasteiger partial charge is 0.126 e. The van der Waals surface area contributed by atoms with E-state index in [1.165, 1.54) is 0 Å². The molecule has 2 aromatic rings. The zero-order valence-electron chi connectivity index (χ0n) is 16.4. The number of rotatable bonds is 9. The van der Waals surface area contributed by atoms with E-state index < -0.39 is 6.10 Å². The number of benzene rings is 2. The quantitative estimate of drug-likeness (QED) is 0.693. The molecule has 0 amide bonds. The van der Waals surface area contributed by atoms with Crippen LogP contribution in [0.5, 0.6) is 5.75 Å². The second kappa shape index (κ2) is 8.68. The minimum atomic E-state index is -0.528. The largest absolute Gasteiger partial charge is 0.496 e. The molecule has 0 radical (unpaired) electrons. The van der Waals surface area contributed by atoms with Crippen molar-refractivity contribution in [3.63, 3.8) is 0 Å². The van der Waals surface area contributed by atoms with Crippen LogP contribution < -0.4 is 4.74 Å². The van der Waals surface area contributed by atoms with Gasteiger partial charge in [0.1, 0.15) is 5.75 Å². The van der Waals surface area contributed by atoms with Gasteiger partial charge in [-0.1, -0.05) is 58.0 Å². The van der Waals surface area contributed by atoms with Gasteiger partial charge in [0.15, 0.2) is 0 Å². The summed E-state index contributed by atoms with van der Waals surface area (Å²) < 4.78 is 5.49. The summed E-state index contributed by atoms with van der Waals surface area (Å²) in [6, 6.07) is 12.1. The van der Waals surface area contributed by atoms with E-state index >= 15 is 0 Å². The van der Waals surface area contributed by atoms with Crippen molar-refractivity contribution in [1.29, 1.82) is 0 Å². The van der Waals surface area contributed by atoms with Crippen LogP contribution in [0.1, 0.15) is 52.2 Å². The van der Waals surface area contributed by atoms with Gasteiger partial charge in [0.25, 0.3) is 0 Å². The lowest BCUT2D eigenvalue weighted by Gasteiger charge is -2.37. The highest BCUT2D eigenvalue weighted by molar-refractivity contribution is 5.91. The number of hydrogen-bond acceptors (Lipinski definition) is 3. The summed E-state index contributed by atoms with van der Waals surface area (Å²) in [5.74, 6) is 0.850. The molecule has 0 aliphatic rings. The van der Waals surface area contributed by atoms with Crippen molar-refractivity contribution in [3.8, 4) is 5.75 Å². The molecule has 138 valence electrons. The molecule has 1 N–H and O–H groups in total. The van der Waals surface area contributed by atoms with Gasteiger partial charge in [-0.05, 0) is 42.9 Å². The summed E-state index contributed by atoms with van der Waals surface area (Å²) in [7, 11) is 1.69. The fourth-order valence-electron chi connectivity index (χ4n) is 3.70. The van der Waals surface area contributed by atoms with E-state index in [0.29, 0.717) is 0 Å². The van der Waals surface area contributed by atoms with E-state index in [0.717, 1.165) is 54.6 Å². The van der Waals surface area contributed by atoms with Crippen LogP contribution in [0.25, 0.3) is 10.8 Å². The van der Waals surface area contributed by atoms with E-state index in [9.17, 15) is 5.11 Å². The molecule has 2 aromatic carbocycles. The summed E-state index contributed by atoms with van der Waals surface area (Å²) in [5, 5.41) is 13.3. The van der Waals surface area contributed by atoms with Gasteiger partial charge in [-0.25, -0.2) is 0 Å². The van der Waals surface area contributed by atoms with Crippen molar-refractivity contribution in [3.05, 3.63) is 42.0 Å². The van der Waals surface area contributed by atoms with E-state index in [1.807, 2.05) is 24.3 Å². The monoisotopic (exact) mass is 343 g/mol. The summed E-state index contributed by atoms with van der Waals surface area (Å²) in [5.41, 5.74) is 0.746. The maximum absolute atomic E-state index is 11.2. The third-order valence-electron chi connectivity index (χ3n) is 4.88. The van der Waals surface area contributed by atoms with Gasteiger partial charge in [0, 0.05) is 17.3 Å². The zero-order chi connectivity index (χ0) is 18.4. The molecule has 0 aromatic heterocycles. The minimum absolute atomic E-state index is 0.234. The zero-order valence-corrected chi connectivity index (χ0v) is 16.4. The molecule has 0 heterocycles. The third-order valence-corrected chi connectivity index (χ3v) is 4.88. The van der Waals surface area contributed by atoms with Crippen LogP contribution in [0.2, 0.25) is 0 Å². The Bertz CT molecular complexity index is 675. The van der Waals surface area contributed by atoms with E-state index in [1.54, 1.807) is 7.11 Å². The molecule has 0 unspecified atom stereocenters. The Labute approximate surface area is 152 Å². The Morgan fingerprint density at radius 3 is 2.16 bits per heavy atom. The van der Waals surface area contributed by atoms with Crippen molar-refractivity contribution in [1.82, 2.24) is 4.90 Å². The Kier molecular flexibility index (Phi) is 6.86. The van der Waals surface area contributed by atoms with Crippen molar-refractivity contribution < 1.29 is 9.84 Å². The van der Waals surface area contributed by atoms with Gasteiger partial charge in [0.05, 0.1) is 13.2 Å². The second-order valence-corrected chi connectivity index (χ2v) is 7.57. The molecule has 1 atom stereocenters. The topological polar surface area (TPSA) is 32.7 Å². The first-order chi connectivity index (χ1) is 11.9. The molecule has 3 heteroatoms. The lowest BCUT2D eigenvalue weighted by Crippen LogP contribution is -2.39. The summed E-state index contributed by atoms with van der Waals surface area (Å²) in [4.78, 5) is 2.47. The van der Waals surface area contributed by atoms with Gasteiger partial charge >= 0.3 is 0 Å². The third kappa shape index (κ3) is 4.53. The molecule has 0 bridgehead atoms. The number of hydrogen-bond donors (Lipinski definition) is 1. The number of aliphatic hydroxyl groups is 1. The maximum atomic E-state index is 11.2. The fourth-order valence-corrected chi connectivity index (χ4v) is 3.70. The Morgan fingerprint density at radius 2 is 1.60 bits per heavy atom. The van der Waals surface area contributed by atoms with Crippen LogP contribution in [-0.4, -0.2) is 36.8 Å². The first-order valence-electron chi connectivity index (χ1n) is 9.40. The van der Waals surface area contributed by atoms with Crippen molar-refractivity contribution in [2.45, 2.75) is 46.6 Å². The van der Waals surface area contributed by atoms with Crippen LogP contribution in [0.15, 0.2) is 36.4 Å². The lowest BCUT2D eigenvalue weighted by atomic mass is 9.80. The molecule has 0 spiro atoms. The SMILES string of the molecule is CCCN(CCC)CC(C)(C)[C@@H](O)c1ccc(OC)c2ccccc12. The first kappa shape index (κ1) is 19.7. The van der Waals surface area contributed by atoms with Crippen LogP contribution in [0.3, 0.4) is 0 Å². The van der Waals surface area contributed by atoms with E-state index in [-0.39, 0.29) is 5.41 Å². The van der Waals surface area contributed by atoms with Crippen LogP contribution in [-0.2, 0) is 0 Å². The number of nitrogens with zero attached hydrogens (tertiary/aromatic N) is 1. The standard InChI is InChI=1S/C22H33NO2/c1-6-14-23(15-7-2)16-22(3,4)21(24)19-12-13-20(25-5)18-11-9-8-10-17(18)19/h8-13,21,24H,6-7,14-16H2,1-5H3/t21-/m0/s1. The molecule has 3 nitrogen and oxygen atoms in total. The highest BCUT2D eigenvalue weighted by Gasteiger charge is 2.32. The summed E-state index contributed by atoms with van der Waals surface area (Å²) in [6.45, 7) is 11.8. The summed E-state index contributed by atoms with van der Waals surface area (Å²) >= 11 is 0. The van der Waals surface area contributed by atoms with Gasteiger partial charge < -0.3 is 14.7 Å². The van der Waals surface area contributed by atoms with Crippen LogP contribution >= 0.6 is 0 Å². The van der Waals surface area contributed by atoms with Gasteiger partial charge in [-0.3, -0.25) is 0 Å². The average molecular weight is 344 g/mol. The number of methoxy groups -OCH3 is 1. The van der Waals surface area contributed by atoms with Crippen molar-refractivity contribution >= 4 is 10.8 Å².